The van der Waals surface area contributed by atoms with Gasteiger partial charge in [0, 0.05) is 0 Å². The molecule has 2 aromatic rings. The Balaban J connectivity index is 2.51. The molecular formula is C9H8N2O2. The normalized spacial score (nSPS) is 9.92. The Kier molecular flexibility index (Phi) is 1.96. The first-order valence-electron chi connectivity index (χ1n) is 3.81. The molecule has 0 radical (unpaired) electrons. The van der Waals surface area contributed by atoms with Crippen LogP contribution in [0.15, 0.2) is 35.1 Å². The fraction of sp³-hybridized carbons (Fsp3) is 0.111. The third-order valence-corrected chi connectivity index (χ3v) is 1.70. The molecule has 0 saturated heterocycles. The highest BCUT2D eigenvalue weighted by Crippen LogP contribution is 2.27. The zero-order chi connectivity index (χ0) is 9.10. The molecule has 1 aromatic carbocycles. The summed E-state index contributed by atoms with van der Waals surface area (Å²) in [4.78, 5) is 0. The van der Waals surface area contributed by atoms with Crippen molar-refractivity contribution < 1.29 is 9.15 Å². The molecule has 0 aliphatic rings. The van der Waals surface area contributed by atoms with E-state index in [0.29, 0.717) is 5.89 Å². The zero-order valence-electron chi connectivity index (χ0n) is 7.10. The first-order valence-corrected chi connectivity index (χ1v) is 3.81. The van der Waals surface area contributed by atoms with Gasteiger partial charge in [0.2, 0.25) is 6.39 Å². The second kappa shape index (κ2) is 3.26. The number of aromatic nitrogens is 2. The second-order valence-electron chi connectivity index (χ2n) is 2.44. The third kappa shape index (κ3) is 1.38. The average Bonchev–Trinajstić information content (AvgIpc) is 2.70. The Morgan fingerprint density at radius 1 is 1.31 bits per heavy atom. The van der Waals surface area contributed by atoms with Crippen molar-refractivity contribution in [3.8, 4) is 17.2 Å². The molecule has 4 nitrogen and oxygen atoms in total. The maximum Gasteiger partial charge on any atom is 0.251 e. The molecule has 66 valence electrons. The Morgan fingerprint density at radius 3 is 2.85 bits per heavy atom. The van der Waals surface area contributed by atoms with Crippen molar-refractivity contribution in [1.82, 2.24) is 10.2 Å². The molecule has 0 spiro atoms. The van der Waals surface area contributed by atoms with Crippen molar-refractivity contribution in [2.45, 2.75) is 0 Å². The zero-order valence-corrected chi connectivity index (χ0v) is 7.10. The molecule has 2 rings (SSSR count). The van der Waals surface area contributed by atoms with E-state index in [0.717, 1.165) is 11.3 Å². The van der Waals surface area contributed by atoms with E-state index in [-0.39, 0.29) is 0 Å². The van der Waals surface area contributed by atoms with Crippen LogP contribution in [0, 0.1) is 0 Å². The Bertz CT molecular complexity index is 384. The minimum atomic E-state index is 0.470. The average molecular weight is 176 g/mol. The van der Waals surface area contributed by atoms with Crippen molar-refractivity contribution in [3.63, 3.8) is 0 Å². The van der Waals surface area contributed by atoms with Crippen LogP contribution in [-0.4, -0.2) is 17.3 Å². The smallest absolute Gasteiger partial charge is 0.251 e. The van der Waals surface area contributed by atoms with Gasteiger partial charge in [-0.05, 0) is 12.1 Å². The van der Waals surface area contributed by atoms with Gasteiger partial charge in [-0.2, -0.15) is 0 Å². The van der Waals surface area contributed by atoms with Crippen LogP contribution in [0.5, 0.6) is 5.75 Å². The van der Waals surface area contributed by atoms with Gasteiger partial charge >= 0.3 is 0 Å². The first kappa shape index (κ1) is 7.79. The summed E-state index contributed by atoms with van der Waals surface area (Å²) in [6.45, 7) is 0. The lowest BCUT2D eigenvalue weighted by molar-refractivity contribution is 0.414. The van der Waals surface area contributed by atoms with Crippen molar-refractivity contribution in [1.29, 1.82) is 0 Å². The number of nitrogens with zero attached hydrogens (tertiary/aromatic N) is 2. The standard InChI is InChI=1S/C9H8N2O2/c1-12-8-5-3-2-4-7(8)9-11-10-6-13-9/h2-6H,1H3. The lowest BCUT2D eigenvalue weighted by Gasteiger charge is -2.02. The summed E-state index contributed by atoms with van der Waals surface area (Å²) in [5.41, 5.74) is 0.808. The van der Waals surface area contributed by atoms with Gasteiger partial charge in [-0.3, -0.25) is 0 Å². The maximum atomic E-state index is 5.14. The summed E-state index contributed by atoms with van der Waals surface area (Å²) >= 11 is 0. The Morgan fingerprint density at radius 2 is 2.15 bits per heavy atom. The molecular weight excluding hydrogens is 168 g/mol. The highest BCUT2D eigenvalue weighted by Gasteiger charge is 2.08. The summed E-state index contributed by atoms with van der Waals surface area (Å²) in [6, 6.07) is 7.49. The molecule has 0 N–H and O–H groups in total. The topological polar surface area (TPSA) is 48.2 Å². The summed E-state index contributed by atoms with van der Waals surface area (Å²) in [6.07, 6.45) is 1.29. The molecule has 0 bridgehead atoms. The second-order valence-corrected chi connectivity index (χ2v) is 2.44. The van der Waals surface area contributed by atoms with Gasteiger partial charge < -0.3 is 9.15 Å². The molecule has 1 aromatic heterocycles. The van der Waals surface area contributed by atoms with Crippen LogP contribution in [0.25, 0.3) is 11.5 Å². The quantitative estimate of drug-likeness (QED) is 0.699. The van der Waals surface area contributed by atoms with Gasteiger partial charge in [-0.15, -0.1) is 10.2 Å². The fourth-order valence-electron chi connectivity index (χ4n) is 1.11. The van der Waals surface area contributed by atoms with Crippen LogP contribution in [0.3, 0.4) is 0 Å². The molecule has 13 heavy (non-hydrogen) atoms. The van der Waals surface area contributed by atoms with Crippen LogP contribution in [0.2, 0.25) is 0 Å². The predicted octanol–water partition coefficient (Wildman–Crippen LogP) is 1.75. The van der Waals surface area contributed by atoms with E-state index in [1.54, 1.807) is 7.11 Å². The number of methoxy groups -OCH3 is 1. The molecule has 0 aliphatic heterocycles. The highest BCUT2D eigenvalue weighted by atomic mass is 16.5. The van der Waals surface area contributed by atoms with E-state index in [1.807, 2.05) is 24.3 Å². The van der Waals surface area contributed by atoms with Crippen molar-refractivity contribution in [3.05, 3.63) is 30.7 Å². The SMILES string of the molecule is COc1ccccc1-c1nnco1. The lowest BCUT2D eigenvalue weighted by atomic mass is 10.2. The van der Waals surface area contributed by atoms with Crippen LogP contribution < -0.4 is 4.74 Å². The van der Waals surface area contributed by atoms with Gasteiger partial charge in [0.15, 0.2) is 0 Å². The summed E-state index contributed by atoms with van der Waals surface area (Å²) in [5.74, 6) is 1.20. The van der Waals surface area contributed by atoms with Gasteiger partial charge in [0.1, 0.15) is 5.75 Å². The maximum absolute atomic E-state index is 5.14. The molecule has 0 atom stereocenters. The van der Waals surface area contributed by atoms with E-state index in [9.17, 15) is 0 Å². The molecule has 4 heteroatoms. The van der Waals surface area contributed by atoms with Gasteiger partial charge in [0.25, 0.3) is 5.89 Å². The monoisotopic (exact) mass is 176 g/mol. The number of benzene rings is 1. The number of hydrogen-bond donors (Lipinski definition) is 0. The van der Waals surface area contributed by atoms with Crippen LogP contribution in [0.1, 0.15) is 0 Å². The van der Waals surface area contributed by atoms with E-state index in [1.165, 1.54) is 6.39 Å². The Labute approximate surface area is 75.2 Å². The van der Waals surface area contributed by atoms with Crippen LogP contribution in [-0.2, 0) is 0 Å². The molecule has 1 heterocycles. The molecule has 0 saturated carbocycles. The molecule has 0 aliphatic carbocycles. The van der Waals surface area contributed by atoms with Gasteiger partial charge in [-0.1, -0.05) is 12.1 Å². The van der Waals surface area contributed by atoms with Crippen LogP contribution >= 0.6 is 0 Å². The minimum Gasteiger partial charge on any atom is -0.496 e. The predicted molar refractivity (Wildman–Crippen MR) is 46.3 cm³/mol. The Hall–Kier alpha value is -1.84. The van der Waals surface area contributed by atoms with Crippen molar-refractivity contribution in [2.24, 2.45) is 0 Å². The fourth-order valence-corrected chi connectivity index (χ4v) is 1.11. The number of ether oxygens (including phenoxy) is 1. The number of hydrogen-bond acceptors (Lipinski definition) is 4. The molecule has 0 fully saturated rings. The van der Waals surface area contributed by atoms with E-state index in [4.69, 9.17) is 9.15 Å². The summed E-state index contributed by atoms with van der Waals surface area (Å²) < 4.78 is 10.2. The van der Waals surface area contributed by atoms with E-state index in [2.05, 4.69) is 10.2 Å². The highest BCUT2D eigenvalue weighted by molar-refractivity contribution is 5.61. The first-order chi connectivity index (χ1) is 6.42. The largest absolute Gasteiger partial charge is 0.496 e. The molecule has 0 unspecified atom stereocenters. The van der Waals surface area contributed by atoms with E-state index < -0.39 is 0 Å². The van der Waals surface area contributed by atoms with Crippen molar-refractivity contribution in [2.75, 3.05) is 7.11 Å². The molecule has 0 amide bonds. The lowest BCUT2D eigenvalue weighted by Crippen LogP contribution is -1.87. The van der Waals surface area contributed by atoms with Crippen molar-refractivity contribution >= 4 is 0 Å². The van der Waals surface area contributed by atoms with Gasteiger partial charge in [-0.25, -0.2) is 0 Å². The van der Waals surface area contributed by atoms with E-state index >= 15 is 0 Å². The van der Waals surface area contributed by atoms with Crippen LogP contribution in [0.4, 0.5) is 0 Å². The summed E-state index contributed by atoms with van der Waals surface area (Å²) in [5, 5.41) is 7.40. The third-order valence-electron chi connectivity index (χ3n) is 1.70. The van der Waals surface area contributed by atoms with Gasteiger partial charge in [0.05, 0.1) is 12.7 Å². The minimum absolute atomic E-state index is 0.470. The summed E-state index contributed by atoms with van der Waals surface area (Å²) in [7, 11) is 1.61. The number of rotatable bonds is 2. The number of para-hydroxylation sites is 1.